The molecule has 1 fully saturated rings. The number of benzene rings is 1. The van der Waals surface area contributed by atoms with Crippen LogP contribution in [-0.4, -0.2) is 30.6 Å². The number of nitrogens with one attached hydrogen (secondary N) is 1. The molecule has 106 valence electrons. The van der Waals surface area contributed by atoms with Gasteiger partial charge < -0.3 is 5.32 Å². The second-order valence-electron chi connectivity index (χ2n) is 5.47. The monoisotopic (exact) mass is 280 g/mol. The summed E-state index contributed by atoms with van der Waals surface area (Å²) in [4.78, 5) is 2.53. The van der Waals surface area contributed by atoms with Crippen LogP contribution in [0, 0.1) is 0 Å². The van der Waals surface area contributed by atoms with Gasteiger partial charge in [0.25, 0.3) is 0 Å². The molecule has 0 spiro atoms. The molecule has 1 aliphatic rings. The summed E-state index contributed by atoms with van der Waals surface area (Å²) in [5, 5.41) is 4.52. The fourth-order valence-corrected chi connectivity index (χ4v) is 3.01. The fraction of sp³-hybridized carbons (Fsp3) is 0.625. The molecule has 3 heteroatoms. The van der Waals surface area contributed by atoms with Crippen LogP contribution in [0.4, 0.5) is 0 Å². The second kappa shape index (κ2) is 7.88. The minimum atomic E-state index is 0.655. The molecule has 2 rings (SSSR count). The first-order valence-electron chi connectivity index (χ1n) is 7.48. The largest absolute Gasteiger partial charge is 0.313 e. The first kappa shape index (κ1) is 14.8. The molecule has 1 aliphatic heterocycles. The van der Waals surface area contributed by atoms with Crippen molar-refractivity contribution in [1.29, 1.82) is 0 Å². The van der Waals surface area contributed by atoms with Gasteiger partial charge in [-0.15, -0.1) is 0 Å². The van der Waals surface area contributed by atoms with E-state index in [0.717, 1.165) is 24.7 Å². The van der Waals surface area contributed by atoms with E-state index >= 15 is 0 Å². The van der Waals surface area contributed by atoms with Crippen LogP contribution in [0.3, 0.4) is 0 Å². The highest BCUT2D eigenvalue weighted by molar-refractivity contribution is 6.31. The fourth-order valence-electron chi connectivity index (χ4n) is 2.81. The molecule has 1 N–H and O–H groups in total. The Morgan fingerprint density at radius 2 is 2.16 bits per heavy atom. The Balaban J connectivity index is 1.93. The average molecular weight is 281 g/mol. The molecule has 0 radical (unpaired) electrons. The third-order valence-electron chi connectivity index (χ3n) is 3.78. The summed E-state index contributed by atoms with van der Waals surface area (Å²) in [6, 6.07) is 8.85. The van der Waals surface area contributed by atoms with Gasteiger partial charge in [0, 0.05) is 24.2 Å². The van der Waals surface area contributed by atoms with Crippen LogP contribution in [0.15, 0.2) is 24.3 Å². The van der Waals surface area contributed by atoms with E-state index in [2.05, 4.69) is 29.3 Å². The van der Waals surface area contributed by atoms with Crippen LogP contribution in [0.5, 0.6) is 0 Å². The third-order valence-corrected chi connectivity index (χ3v) is 4.15. The van der Waals surface area contributed by atoms with Crippen LogP contribution in [0.1, 0.15) is 38.2 Å². The highest BCUT2D eigenvalue weighted by atomic mass is 35.5. The SMILES string of the molecule is CCCN(Cc1ccccc1Cl)CC1CCCCN1. The van der Waals surface area contributed by atoms with Crippen LogP contribution >= 0.6 is 11.6 Å². The second-order valence-corrected chi connectivity index (χ2v) is 5.88. The van der Waals surface area contributed by atoms with Gasteiger partial charge in [-0.05, 0) is 44.0 Å². The average Bonchev–Trinajstić information content (AvgIpc) is 2.43. The minimum Gasteiger partial charge on any atom is -0.313 e. The Bertz CT molecular complexity index is 375. The van der Waals surface area contributed by atoms with E-state index in [1.54, 1.807) is 0 Å². The van der Waals surface area contributed by atoms with Gasteiger partial charge in [-0.25, -0.2) is 0 Å². The lowest BCUT2D eigenvalue weighted by molar-refractivity contribution is 0.217. The maximum Gasteiger partial charge on any atom is 0.0451 e. The predicted octanol–water partition coefficient (Wildman–Crippen LogP) is 3.69. The predicted molar refractivity (Wildman–Crippen MR) is 82.7 cm³/mol. The van der Waals surface area contributed by atoms with E-state index in [9.17, 15) is 0 Å². The summed E-state index contributed by atoms with van der Waals surface area (Å²) >= 11 is 6.27. The van der Waals surface area contributed by atoms with Gasteiger partial charge in [-0.3, -0.25) is 4.90 Å². The van der Waals surface area contributed by atoms with Crippen molar-refractivity contribution in [3.05, 3.63) is 34.9 Å². The molecule has 1 saturated heterocycles. The van der Waals surface area contributed by atoms with Crippen molar-refractivity contribution >= 4 is 11.6 Å². The van der Waals surface area contributed by atoms with Crippen LogP contribution in [-0.2, 0) is 6.54 Å². The highest BCUT2D eigenvalue weighted by Gasteiger charge is 2.16. The highest BCUT2D eigenvalue weighted by Crippen LogP contribution is 2.18. The summed E-state index contributed by atoms with van der Waals surface area (Å²) in [5.74, 6) is 0. The Hall–Kier alpha value is -0.570. The Morgan fingerprint density at radius 3 is 2.84 bits per heavy atom. The zero-order valence-corrected chi connectivity index (χ0v) is 12.6. The van der Waals surface area contributed by atoms with Crippen molar-refractivity contribution in [3.8, 4) is 0 Å². The zero-order valence-electron chi connectivity index (χ0n) is 11.9. The van der Waals surface area contributed by atoms with Gasteiger partial charge >= 0.3 is 0 Å². The van der Waals surface area contributed by atoms with E-state index in [0.29, 0.717) is 6.04 Å². The molecule has 0 aromatic heterocycles. The van der Waals surface area contributed by atoms with E-state index < -0.39 is 0 Å². The van der Waals surface area contributed by atoms with Gasteiger partial charge in [0.1, 0.15) is 0 Å². The van der Waals surface area contributed by atoms with Gasteiger partial charge in [0.2, 0.25) is 0 Å². The lowest BCUT2D eigenvalue weighted by Gasteiger charge is -2.30. The third kappa shape index (κ3) is 4.79. The molecule has 1 atom stereocenters. The van der Waals surface area contributed by atoms with Crippen LogP contribution in [0.25, 0.3) is 0 Å². The number of halogens is 1. The Labute approximate surface area is 122 Å². The van der Waals surface area contributed by atoms with Crippen molar-refractivity contribution in [2.75, 3.05) is 19.6 Å². The van der Waals surface area contributed by atoms with Crippen molar-refractivity contribution in [1.82, 2.24) is 10.2 Å². The number of hydrogen-bond donors (Lipinski definition) is 1. The van der Waals surface area contributed by atoms with E-state index in [-0.39, 0.29) is 0 Å². The van der Waals surface area contributed by atoms with Crippen molar-refractivity contribution in [3.63, 3.8) is 0 Å². The molecule has 0 aliphatic carbocycles. The first-order chi connectivity index (χ1) is 9.29. The van der Waals surface area contributed by atoms with Gasteiger partial charge in [-0.2, -0.15) is 0 Å². The molecule has 19 heavy (non-hydrogen) atoms. The van der Waals surface area contributed by atoms with Crippen LogP contribution in [0.2, 0.25) is 5.02 Å². The number of nitrogens with zero attached hydrogens (tertiary/aromatic N) is 1. The normalized spacial score (nSPS) is 19.8. The van der Waals surface area contributed by atoms with E-state index in [1.165, 1.54) is 37.8 Å². The first-order valence-corrected chi connectivity index (χ1v) is 7.86. The van der Waals surface area contributed by atoms with Crippen molar-refractivity contribution < 1.29 is 0 Å². The van der Waals surface area contributed by atoms with Gasteiger partial charge in [-0.1, -0.05) is 43.1 Å². The molecule has 1 heterocycles. The minimum absolute atomic E-state index is 0.655. The Kier molecular flexibility index (Phi) is 6.15. The molecular weight excluding hydrogens is 256 g/mol. The summed E-state index contributed by atoms with van der Waals surface area (Å²) in [7, 11) is 0. The maximum atomic E-state index is 6.27. The maximum absolute atomic E-state index is 6.27. The zero-order chi connectivity index (χ0) is 13.5. The Morgan fingerprint density at radius 1 is 1.32 bits per heavy atom. The quantitative estimate of drug-likeness (QED) is 0.855. The van der Waals surface area contributed by atoms with Crippen molar-refractivity contribution in [2.24, 2.45) is 0 Å². The van der Waals surface area contributed by atoms with Crippen LogP contribution < -0.4 is 5.32 Å². The van der Waals surface area contributed by atoms with E-state index in [1.807, 2.05) is 12.1 Å². The molecule has 0 bridgehead atoms. The number of piperidine rings is 1. The van der Waals surface area contributed by atoms with Gasteiger partial charge in [0.05, 0.1) is 0 Å². The topological polar surface area (TPSA) is 15.3 Å². The smallest absolute Gasteiger partial charge is 0.0451 e. The molecule has 1 aromatic carbocycles. The molecule has 1 aromatic rings. The molecule has 0 amide bonds. The molecule has 2 nitrogen and oxygen atoms in total. The van der Waals surface area contributed by atoms with Gasteiger partial charge in [0.15, 0.2) is 0 Å². The number of rotatable bonds is 6. The lowest BCUT2D eigenvalue weighted by atomic mass is 10.0. The summed E-state index contributed by atoms with van der Waals surface area (Å²) in [6.07, 6.45) is 5.19. The molecular formula is C16H25ClN2. The van der Waals surface area contributed by atoms with E-state index in [4.69, 9.17) is 11.6 Å². The standard InChI is InChI=1S/C16H25ClN2/c1-2-11-19(13-15-8-5-6-10-18-15)12-14-7-3-4-9-16(14)17/h3-4,7,9,15,18H,2,5-6,8,10-13H2,1H3. The van der Waals surface area contributed by atoms with Crippen molar-refractivity contribution in [2.45, 2.75) is 45.2 Å². The lowest BCUT2D eigenvalue weighted by Crippen LogP contribution is -2.43. The molecule has 0 saturated carbocycles. The number of hydrogen-bond acceptors (Lipinski definition) is 2. The summed E-state index contributed by atoms with van der Waals surface area (Å²) in [5.41, 5.74) is 1.24. The molecule has 1 unspecified atom stereocenters. The summed E-state index contributed by atoms with van der Waals surface area (Å²) < 4.78 is 0. The summed E-state index contributed by atoms with van der Waals surface area (Å²) in [6.45, 7) is 6.67.